The lowest BCUT2D eigenvalue weighted by atomic mass is 9.97. The number of carbonyl (C=O) groups excluding carboxylic acids is 5. The van der Waals surface area contributed by atoms with E-state index in [4.69, 9.17) is 0 Å². The molecule has 2 fully saturated rings. The van der Waals surface area contributed by atoms with Gasteiger partial charge in [-0.2, -0.15) is 11.8 Å². The third kappa shape index (κ3) is 9.69. The Kier molecular flexibility index (Phi) is 12.7. The Balaban J connectivity index is 1.15. The molecule has 0 aromatic heterocycles. The van der Waals surface area contributed by atoms with E-state index in [0.717, 1.165) is 47.6 Å². The van der Waals surface area contributed by atoms with E-state index in [2.05, 4.69) is 26.6 Å². The van der Waals surface area contributed by atoms with Gasteiger partial charge in [0.05, 0.1) is 23.7 Å². The zero-order valence-electron chi connectivity index (χ0n) is 26.5. The molecule has 4 rings (SSSR count). The molecule has 5 atom stereocenters. The highest BCUT2D eigenvalue weighted by Gasteiger charge is 2.42. The van der Waals surface area contributed by atoms with Crippen molar-refractivity contribution in [2.24, 2.45) is 5.92 Å². The molecular formula is C34H47N5O5S. The van der Waals surface area contributed by atoms with Crippen LogP contribution in [0.3, 0.4) is 0 Å². The molecule has 2 heterocycles. The lowest BCUT2D eigenvalue weighted by molar-refractivity contribution is -0.126. The summed E-state index contributed by atoms with van der Waals surface area (Å²) in [5.74, 6) is 0.405. The quantitative estimate of drug-likeness (QED) is 0.101. The van der Waals surface area contributed by atoms with E-state index in [1.165, 1.54) is 0 Å². The number of aryl methyl sites for hydroxylation is 1. The second-order valence-corrected chi connectivity index (χ2v) is 13.9. The van der Waals surface area contributed by atoms with Gasteiger partial charge in [-0.1, -0.05) is 56.7 Å². The number of hydrogen-bond donors (Lipinski definition) is 5. The van der Waals surface area contributed by atoms with Crippen molar-refractivity contribution in [1.82, 2.24) is 26.6 Å². The van der Waals surface area contributed by atoms with Gasteiger partial charge in [0.2, 0.25) is 11.8 Å². The highest BCUT2D eigenvalue weighted by Crippen LogP contribution is 2.33. The van der Waals surface area contributed by atoms with Crippen molar-refractivity contribution in [3.05, 3.63) is 47.5 Å². The fourth-order valence-corrected chi connectivity index (χ4v) is 7.70. The first-order chi connectivity index (χ1) is 21.7. The van der Waals surface area contributed by atoms with Crippen molar-refractivity contribution in [3.8, 4) is 0 Å². The smallest absolute Gasteiger partial charge is 0.315 e. The van der Waals surface area contributed by atoms with Crippen LogP contribution in [0.15, 0.2) is 36.4 Å². The molecule has 244 valence electrons. The summed E-state index contributed by atoms with van der Waals surface area (Å²) in [4.78, 5) is 62.3. The van der Waals surface area contributed by atoms with E-state index < -0.39 is 12.1 Å². The molecule has 2 aliphatic heterocycles. The number of benzene rings is 2. The molecule has 0 aliphatic carbocycles. The number of urea groups is 1. The van der Waals surface area contributed by atoms with Crippen LogP contribution in [0.4, 0.5) is 4.79 Å². The Morgan fingerprint density at radius 1 is 1.02 bits per heavy atom. The predicted molar refractivity (Wildman–Crippen MR) is 178 cm³/mol. The van der Waals surface area contributed by atoms with Gasteiger partial charge in [0.1, 0.15) is 12.3 Å². The van der Waals surface area contributed by atoms with Crippen LogP contribution in [-0.4, -0.2) is 71.8 Å². The van der Waals surface area contributed by atoms with Crippen LogP contribution < -0.4 is 26.6 Å². The Morgan fingerprint density at radius 2 is 1.82 bits per heavy atom. The lowest BCUT2D eigenvalue weighted by Crippen LogP contribution is -2.50. The van der Waals surface area contributed by atoms with Gasteiger partial charge in [0, 0.05) is 24.0 Å². The molecule has 5 amide bonds. The van der Waals surface area contributed by atoms with Gasteiger partial charge in [-0.05, 0) is 67.7 Å². The number of carbonyl (C=O) groups is 5. The zero-order valence-corrected chi connectivity index (χ0v) is 27.3. The first-order valence-corrected chi connectivity index (χ1v) is 17.2. The number of amides is 5. The zero-order chi connectivity index (χ0) is 32.3. The van der Waals surface area contributed by atoms with E-state index in [1.807, 2.05) is 68.9 Å². The van der Waals surface area contributed by atoms with E-state index in [-0.39, 0.29) is 41.8 Å². The minimum atomic E-state index is -0.778. The van der Waals surface area contributed by atoms with Crippen LogP contribution in [-0.2, 0) is 14.4 Å². The summed E-state index contributed by atoms with van der Waals surface area (Å²) in [5, 5.41) is 16.8. The molecule has 2 saturated heterocycles. The van der Waals surface area contributed by atoms with Gasteiger partial charge in [-0.15, -0.1) is 0 Å². The molecule has 0 radical (unpaired) electrons. The molecule has 5 N–H and O–H groups in total. The lowest BCUT2D eigenvalue weighted by Gasteiger charge is -2.23. The molecule has 2 aromatic carbocycles. The first-order valence-electron chi connectivity index (χ1n) is 16.2. The van der Waals surface area contributed by atoms with Crippen LogP contribution in [0.2, 0.25) is 0 Å². The van der Waals surface area contributed by atoms with Crippen molar-refractivity contribution in [2.45, 2.75) is 102 Å². The average molecular weight is 638 g/mol. The van der Waals surface area contributed by atoms with E-state index in [9.17, 15) is 24.0 Å². The maximum Gasteiger partial charge on any atom is 0.315 e. The summed E-state index contributed by atoms with van der Waals surface area (Å²) in [6.45, 7) is 6.36. The van der Waals surface area contributed by atoms with E-state index in [1.54, 1.807) is 0 Å². The number of nitrogens with one attached hydrogen (secondary N) is 5. The van der Waals surface area contributed by atoms with Crippen molar-refractivity contribution in [1.29, 1.82) is 0 Å². The summed E-state index contributed by atoms with van der Waals surface area (Å²) in [6.07, 6.45) is 6.14. The average Bonchev–Trinajstić information content (AvgIpc) is 3.56. The molecule has 0 saturated carbocycles. The van der Waals surface area contributed by atoms with E-state index in [0.29, 0.717) is 49.5 Å². The highest BCUT2D eigenvalue weighted by molar-refractivity contribution is 8.00. The Bertz CT molecular complexity index is 1370. The maximum atomic E-state index is 13.4. The molecule has 11 heteroatoms. The minimum absolute atomic E-state index is 0.0109. The molecule has 2 aliphatic rings. The summed E-state index contributed by atoms with van der Waals surface area (Å²) in [7, 11) is 0. The van der Waals surface area contributed by atoms with Crippen LogP contribution in [0.25, 0.3) is 10.8 Å². The second kappa shape index (κ2) is 16.6. The summed E-state index contributed by atoms with van der Waals surface area (Å²) >= 11 is 1.88. The minimum Gasteiger partial charge on any atom is -0.356 e. The number of fused-ring (bicyclic) bond motifs is 2. The summed E-state index contributed by atoms with van der Waals surface area (Å²) in [6, 6.07) is 10.4. The molecule has 10 nitrogen and oxygen atoms in total. The topological polar surface area (TPSA) is 146 Å². The molecule has 2 aromatic rings. The van der Waals surface area contributed by atoms with Crippen molar-refractivity contribution < 1.29 is 24.0 Å². The fourth-order valence-electron chi connectivity index (χ4n) is 6.15. The number of hydrogen-bond acceptors (Lipinski definition) is 6. The Hall–Kier alpha value is -3.60. The fraction of sp³-hybridized carbons (Fsp3) is 0.559. The Morgan fingerprint density at radius 3 is 2.60 bits per heavy atom. The SMILES string of the molecule is Cc1ccc2ccccc2c1C(=O)N[C@@H](CC(C)C)C(=O)N[C@H](C=O)CCCCNC(=O)CCCC[C@@H]1SC[C@@H]2NC(=O)N[C@@H]21. The number of thioether (sulfide) groups is 1. The van der Waals surface area contributed by atoms with Crippen LogP contribution in [0, 0.1) is 12.8 Å². The van der Waals surface area contributed by atoms with Gasteiger partial charge < -0.3 is 31.4 Å². The predicted octanol–water partition coefficient (Wildman–Crippen LogP) is 3.99. The monoisotopic (exact) mass is 637 g/mol. The second-order valence-electron chi connectivity index (χ2n) is 12.6. The normalized spacial score (nSPS) is 20.2. The van der Waals surface area contributed by atoms with Crippen LogP contribution >= 0.6 is 11.8 Å². The number of aldehydes is 1. The van der Waals surface area contributed by atoms with Crippen molar-refractivity contribution in [2.75, 3.05) is 12.3 Å². The molecular weight excluding hydrogens is 590 g/mol. The third-order valence-corrected chi connectivity index (χ3v) is 10.0. The summed E-state index contributed by atoms with van der Waals surface area (Å²) < 4.78 is 0. The number of unbranched alkanes of at least 4 members (excludes halogenated alkanes) is 2. The van der Waals surface area contributed by atoms with E-state index >= 15 is 0 Å². The molecule has 0 bridgehead atoms. The standard InChI is InChI=1S/C34H47N5O5S/c1-21(2)18-26(37-33(43)30-22(3)15-16-23-10-4-5-12-25(23)30)32(42)36-24(19-40)11-8-9-17-35-29(41)14-7-6-13-28-31-27(20-45-28)38-34(44)39-31/h4-5,10,12,15-16,19,21,24,26-28,31H,6-9,11,13-14,17-18,20H2,1-3H3,(H,35,41)(H,36,42)(H,37,43)(H2,38,39,44)/t24-,26-,27-,28-,31-/m0/s1. The van der Waals surface area contributed by atoms with Crippen molar-refractivity contribution >= 4 is 52.6 Å². The van der Waals surface area contributed by atoms with Gasteiger partial charge in [-0.25, -0.2) is 4.79 Å². The highest BCUT2D eigenvalue weighted by atomic mass is 32.2. The first kappa shape index (κ1) is 34.3. The van der Waals surface area contributed by atoms with Crippen molar-refractivity contribution in [3.63, 3.8) is 0 Å². The van der Waals surface area contributed by atoms with Crippen LogP contribution in [0.1, 0.15) is 81.1 Å². The largest absolute Gasteiger partial charge is 0.356 e. The summed E-state index contributed by atoms with van der Waals surface area (Å²) in [5.41, 5.74) is 1.37. The number of rotatable bonds is 17. The maximum absolute atomic E-state index is 13.4. The van der Waals surface area contributed by atoms with Gasteiger partial charge in [0.15, 0.2) is 0 Å². The molecule has 0 spiro atoms. The van der Waals surface area contributed by atoms with Crippen LogP contribution in [0.5, 0.6) is 0 Å². The van der Waals surface area contributed by atoms with Gasteiger partial charge in [-0.3, -0.25) is 14.4 Å². The third-order valence-electron chi connectivity index (χ3n) is 8.53. The van der Waals surface area contributed by atoms with Gasteiger partial charge >= 0.3 is 6.03 Å². The van der Waals surface area contributed by atoms with Gasteiger partial charge in [0.25, 0.3) is 5.91 Å². The Labute approximate surface area is 270 Å². The molecule has 0 unspecified atom stereocenters. The molecule has 45 heavy (non-hydrogen) atoms.